The van der Waals surface area contributed by atoms with Gasteiger partial charge in [-0.1, -0.05) is 19.1 Å². The van der Waals surface area contributed by atoms with Crippen LogP contribution in [0.3, 0.4) is 0 Å². The van der Waals surface area contributed by atoms with E-state index in [9.17, 15) is 9.50 Å². The summed E-state index contributed by atoms with van der Waals surface area (Å²) < 4.78 is 13.9. The van der Waals surface area contributed by atoms with E-state index in [-0.39, 0.29) is 5.82 Å². The highest BCUT2D eigenvalue weighted by molar-refractivity contribution is 9.10. The third kappa shape index (κ3) is 4.74. The smallest absolute Gasteiger partial charge is 0.137 e. The molecule has 0 aliphatic carbocycles. The summed E-state index contributed by atoms with van der Waals surface area (Å²) in [5.41, 5.74) is 0.159. The first-order chi connectivity index (χ1) is 7.83. The topological polar surface area (TPSA) is 23.5 Å². The molecule has 0 fully saturated rings. The summed E-state index contributed by atoms with van der Waals surface area (Å²) in [6.07, 6.45) is 0. The van der Waals surface area contributed by atoms with Crippen LogP contribution < -0.4 is 0 Å². The number of halogens is 2. The maximum Gasteiger partial charge on any atom is 0.137 e. The first kappa shape index (κ1) is 14.6. The van der Waals surface area contributed by atoms with Crippen molar-refractivity contribution in [3.05, 3.63) is 34.1 Å². The van der Waals surface area contributed by atoms with Crippen molar-refractivity contribution in [1.82, 2.24) is 4.90 Å². The van der Waals surface area contributed by atoms with Gasteiger partial charge in [-0.2, -0.15) is 0 Å². The predicted molar refractivity (Wildman–Crippen MR) is 71.3 cm³/mol. The van der Waals surface area contributed by atoms with Crippen LogP contribution in [0, 0.1) is 5.82 Å². The number of rotatable bonds is 5. The molecule has 17 heavy (non-hydrogen) atoms. The lowest BCUT2D eigenvalue weighted by Gasteiger charge is -2.28. The Morgan fingerprint density at radius 2 is 2.06 bits per heavy atom. The summed E-state index contributed by atoms with van der Waals surface area (Å²) in [5.74, 6) is -0.248. The molecule has 1 aromatic carbocycles. The average Bonchev–Trinajstić information content (AvgIpc) is 2.21. The molecule has 0 unspecified atom stereocenters. The molecule has 0 aromatic heterocycles. The van der Waals surface area contributed by atoms with Crippen LogP contribution >= 0.6 is 15.9 Å². The van der Waals surface area contributed by atoms with Crippen molar-refractivity contribution in [2.24, 2.45) is 0 Å². The van der Waals surface area contributed by atoms with Gasteiger partial charge in [0.2, 0.25) is 0 Å². The van der Waals surface area contributed by atoms with E-state index < -0.39 is 5.60 Å². The summed E-state index contributed by atoms with van der Waals surface area (Å²) in [6.45, 7) is 7.57. The summed E-state index contributed by atoms with van der Waals surface area (Å²) in [4.78, 5) is 2.08. The van der Waals surface area contributed by atoms with E-state index in [1.807, 2.05) is 13.0 Å². The summed E-state index contributed by atoms with van der Waals surface area (Å²) in [7, 11) is 0. The van der Waals surface area contributed by atoms with Crippen molar-refractivity contribution in [3.63, 3.8) is 0 Å². The highest BCUT2D eigenvalue weighted by Gasteiger charge is 2.18. The molecular weight excluding hydrogens is 285 g/mol. The van der Waals surface area contributed by atoms with Crippen molar-refractivity contribution < 1.29 is 9.50 Å². The number of nitrogens with zero attached hydrogens (tertiary/aromatic N) is 1. The van der Waals surface area contributed by atoms with Gasteiger partial charge in [-0.05, 0) is 48.0 Å². The maximum absolute atomic E-state index is 13.4. The van der Waals surface area contributed by atoms with Crippen LogP contribution in [-0.2, 0) is 6.54 Å². The van der Waals surface area contributed by atoms with Gasteiger partial charge in [-0.25, -0.2) is 4.39 Å². The molecule has 1 N–H and O–H groups in total. The van der Waals surface area contributed by atoms with Crippen molar-refractivity contribution >= 4 is 15.9 Å². The van der Waals surface area contributed by atoms with E-state index in [2.05, 4.69) is 20.8 Å². The van der Waals surface area contributed by atoms with Gasteiger partial charge in [0.25, 0.3) is 0 Å². The zero-order chi connectivity index (χ0) is 13.1. The Morgan fingerprint density at radius 3 is 2.59 bits per heavy atom. The van der Waals surface area contributed by atoms with E-state index in [0.29, 0.717) is 17.6 Å². The molecular formula is C13H19BrFNO. The molecule has 0 saturated heterocycles. The summed E-state index contributed by atoms with van der Waals surface area (Å²) >= 11 is 3.25. The molecule has 0 saturated carbocycles. The van der Waals surface area contributed by atoms with E-state index in [4.69, 9.17) is 0 Å². The first-order valence-electron chi connectivity index (χ1n) is 5.71. The largest absolute Gasteiger partial charge is 0.389 e. The SMILES string of the molecule is CCN(Cc1cccc(F)c1Br)CC(C)(C)O. The van der Waals surface area contributed by atoms with Crippen LogP contribution in [-0.4, -0.2) is 28.7 Å². The summed E-state index contributed by atoms with van der Waals surface area (Å²) in [5, 5.41) is 9.79. The van der Waals surface area contributed by atoms with Crippen LogP contribution in [0.1, 0.15) is 26.3 Å². The Labute approximate surface area is 111 Å². The minimum atomic E-state index is -0.740. The van der Waals surface area contributed by atoms with Gasteiger partial charge in [0.05, 0.1) is 10.1 Å². The second-order valence-corrected chi connectivity index (χ2v) is 5.62. The fourth-order valence-corrected chi connectivity index (χ4v) is 2.13. The van der Waals surface area contributed by atoms with Crippen LogP contribution in [0.2, 0.25) is 0 Å². The quantitative estimate of drug-likeness (QED) is 0.903. The zero-order valence-corrected chi connectivity index (χ0v) is 12.1. The Kier molecular flexibility index (Phi) is 5.10. The molecule has 0 aliphatic heterocycles. The Balaban J connectivity index is 2.77. The molecule has 0 aliphatic rings. The van der Waals surface area contributed by atoms with E-state index >= 15 is 0 Å². The molecule has 0 radical (unpaired) electrons. The lowest BCUT2D eigenvalue weighted by molar-refractivity contribution is 0.0352. The van der Waals surface area contributed by atoms with Crippen LogP contribution in [0.4, 0.5) is 4.39 Å². The second-order valence-electron chi connectivity index (χ2n) is 4.83. The van der Waals surface area contributed by atoms with E-state index in [0.717, 1.165) is 12.1 Å². The number of benzene rings is 1. The molecule has 0 amide bonds. The highest BCUT2D eigenvalue weighted by Crippen LogP contribution is 2.22. The molecule has 0 bridgehead atoms. The minimum Gasteiger partial charge on any atom is -0.389 e. The van der Waals surface area contributed by atoms with Gasteiger partial charge in [0.1, 0.15) is 5.82 Å². The zero-order valence-electron chi connectivity index (χ0n) is 10.5. The molecule has 1 rings (SSSR count). The monoisotopic (exact) mass is 303 g/mol. The Morgan fingerprint density at radius 1 is 1.41 bits per heavy atom. The van der Waals surface area contributed by atoms with Gasteiger partial charge in [0.15, 0.2) is 0 Å². The third-order valence-corrected chi connectivity index (χ3v) is 3.37. The third-order valence-electron chi connectivity index (χ3n) is 2.48. The molecule has 4 heteroatoms. The van der Waals surface area contributed by atoms with E-state index in [1.54, 1.807) is 19.9 Å². The molecule has 2 nitrogen and oxygen atoms in total. The Bertz CT molecular complexity index is 376. The lowest BCUT2D eigenvalue weighted by atomic mass is 10.1. The van der Waals surface area contributed by atoms with Crippen molar-refractivity contribution in [2.45, 2.75) is 32.9 Å². The lowest BCUT2D eigenvalue weighted by Crippen LogP contribution is -2.38. The standard InChI is InChI=1S/C13H19BrFNO/c1-4-16(9-13(2,3)17)8-10-6-5-7-11(15)12(10)14/h5-7,17H,4,8-9H2,1-3H3. The number of hydrogen-bond donors (Lipinski definition) is 1. The number of hydrogen-bond acceptors (Lipinski definition) is 2. The molecule has 1 aromatic rings. The Hall–Kier alpha value is -0.450. The number of likely N-dealkylation sites (N-methyl/N-ethyl adjacent to an activating group) is 1. The van der Waals surface area contributed by atoms with Gasteiger partial charge in [-0.15, -0.1) is 0 Å². The maximum atomic E-state index is 13.4. The van der Waals surface area contributed by atoms with Crippen LogP contribution in [0.5, 0.6) is 0 Å². The van der Waals surface area contributed by atoms with Gasteiger partial charge >= 0.3 is 0 Å². The highest BCUT2D eigenvalue weighted by atomic mass is 79.9. The van der Waals surface area contributed by atoms with Crippen molar-refractivity contribution in [3.8, 4) is 0 Å². The number of aliphatic hydroxyl groups is 1. The normalized spacial score (nSPS) is 12.2. The van der Waals surface area contributed by atoms with Crippen LogP contribution in [0.25, 0.3) is 0 Å². The van der Waals surface area contributed by atoms with Gasteiger partial charge in [-0.3, -0.25) is 4.90 Å². The first-order valence-corrected chi connectivity index (χ1v) is 6.50. The predicted octanol–water partition coefficient (Wildman–Crippen LogP) is 3.18. The molecule has 96 valence electrons. The fourth-order valence-electron chi connectivity index (χ4n) is 1.74. The fraction of sp³-hybridized carbons (Fsp3) is 0.538. The summed E-state index contributed by atoms with van der Waals surface area (Å²) in [6, 6.07) is 5.02. The second kappa shape index (κ2) is 5.94. The molecule has 0 atom stereocenters. The van der Waals surface area contributed by atoms with Crippen molar-refractivity contribution in [1.29, 1.82) is 0 Å². The van der Waals surface area contributed by atoms with E-state index in [1.165, 1.54) is 6.07 Å². The van der Waals surface area contributed by atoms with Gasteiger partial charge < -0.3 is 5.11 Å². The van der Waals surface area contributed by atoms with Gasteiger partial charge in [0, 0.05) is 13.1 Å². The van der Waals surface area contributed by atoms with Crippen LogP contribution in [0.15, 0.2) is 22.7 Å². The average molecular weight is 304 g/mol. The minimum absolute atomic E-state index is 0.248. The molecule has 0 heterocycles. The molecule has 0 spiro atoms. The van der Waals surface area contributed by atoms with Crippen molar-refractivity contribution in [2.75, 3.05) is 13.1 Å².